The SMILES string of the molecule is CCC(=O)c1c(C(C)C)cc2c(c1C)CCC2(C)C.CNS(=O)(=O)OCC(=O)N1CCCCCC1.FC(F)(F)c1nc2c(Cl)c(Cl)ccc2[nH]1. The zero-order chi connectivity index (χ0) is 37.6. The summed E-state index contributed by atoms with van der Waals surface area (Å²) in [6.07, 6.45) is 2.60. The van der Waals surface area contributed by atoms with E-state index in [1.807, 2.05) is 11.6 Å². The fourth-order valence-electron chi connectivity index (χ4n) is 6.13. The summed E-state index contributed by atoms with van der Waals surface area (Å²) in [5, 5.41) is 0.185. The Labute approximate surface area is 302 Å². The molecule has 1 amide bonds. The van der Waals surface area contributed by atoms with Crippen molar-refractivity contribution in [3.05, 3.63) is 61.9 Å². The molecule has 3 aromatic rings. The number of H-pyrrole nitrogens is 1. The lowest BCUT2D eigenvalue weighted by Crippen LogP contribution is -2.36. The van der Waals surface area contributed by atoms with E-state index in [0.717, 1.165) is 37.7 Å². The second kappa shape index (κ2) is 17.2. The van der Waals surface area contributed by atoms with Crippen LogP contribution in [0, 0.1) is 6.92 Å². The van der Waals surface area contributed by atoms with Gasteiger partial charge in [0.2, 0.25) is 11.7 Å². The van der Waals surface area contributed by atoms with Gasteiger partial charge < -0.3 is 9.88 Å². The average Bonchev–Trinajstić information content (AvgIpc) is 3.52. The highest BCUT2D eigenvalue weighted by molar-refractivity contribution is 7.84. The third kappa shape index (κ3) is 10.4. The highest BCUT2D eigenvalue weighted by Crippen LogP contribution is 2.43. The summed E-state index contributed by atoms with van der Waals surface area (Å²) >= 11 is 11.4. The van der Waals surface area contributed by atoms with E-state index in [0.29, 0.717) is 31.2 Å². The summed E-state index contributed by atoms with van der Waals surface area (Å²) in [5.41, 5.74) is 6.91. The molecule has 1 aromatic heterocycles. The van der Waals surface area contributed by atoms with Gasteiger partial charge in [-0.2, -0.15) is 26.3 Å². The number of fused-ring (bicyclic) bond motifs is 2. The number of Topliss-reactive ketones (excluding diaryl/α,β-unsaturated/α-hetero) is 1. The molecule has 2 aliphatic rings. The van der Waals surface area contributed by atoms with Gasteiger partial charge in [0, 0.05) is 32.1 Å². The van der Waals surface area contributed by atoms with E-state index in [9.17, 15) is 31.2 Å². The van der Waals surface area contributed by atoms with E-state index in [-0.39, 0.29) is 32.4 Å². The van der Waals surface area contributed by atoms with Crippen LogP contribution in [0.25, 0.3) is 11.0 Å². The molecule has 1 aliphatic carbocycles. The number of amides is 1. The van der Waals surface area contributed by atoms with Crippen LogP contribution >= 0.6 is 23.2 Å². The molecule has 0 saturated carbocycles. The zero-order valence-electron chi connectivity index (χ0n) is 29.6. The van der Waals surface area contributed by atoms with Crippen molar-refractivity contribution in [2.24, 2.45) is 0 Å². The lowest BCUT2D eigenvalue weighted by molar-refractivity contribution is -0.144. The normalized spacial score (nSPS) is 15.9. The Balaban J connectivity index is 0.000000204. The van der Waals surface area contributed by atoms with Gasteiger partial charge in [0.15, 0.2) is 5.78 Å². The number of carbonyl (C=O) groups is 2. The minimum Gasteiger partial charge on any atom is -0.341 e. The summed E-state index contributed by atoms with van der Waals surface area (Å²) < 4.78 is 65.3. The number of hydrogen-bond donors (Lipinski definition) is 2. The highest BCUT2D eigenvalue weighted by atomic mass is 35.5. The van der Waals surface area contributed by atoms with E-state index in [1.165, 1.54) is 47.9 Å². The molecule has 2 aromatic carbocycles. The molecule has 9 nitrogen and oxygen atoms in total. The molecule has 1 aliphatic heterocycles. The molecular formula is C35H47Cl2F3N4O5S. The van der Waals surface area contributed by atoms with E-state index in [1.54, 1.807) is 4.90 Å². The number of rotatable bonds is 7. The van der Waals surface area contributed by atoms with E-state index < -0.39 is 28.9 Å². The topological polar surface area (TPSA) is 121 Å². The molecule has 0 spiro atoms. The summed E-state index contributed by atoms with van der Waals surface area (Å²) in [7, 11) is -2.52. The average molecular weight is 764 g/mol. The van der Waals surface area contributed by atoms with Gasteiger partial charge in [-0.05, 0) is 78.3 Å². The quantitative estimate of drug-likeness (QED) is 0.233. The van der Waals surface area contributed by atoms with Crippen LogP contribution in [0.3, 0.4) is 0 Å². The van der Waals surface area contributed by atoms with E-state index in [4.69, 9.17) is 23.2 Å². The van der Waals surface area contributed by atoms with Crippen molar-refractivity contribution >= 4 is 56.2 Å². The maximum atomic E-state index is 12.3. The number of nitrogens with one attached hydrogen (secondary N) is 2. The molecule has 278 valence electrons. The first kappa shape index (κ1) is 41.7. The number of hydrogen-bond acceptors (Lipinski definition) is 6. The van der Waals surface area contributed by atoms with E-state index >= 15 is 0 Å². The van der Waals surface area contributed by atoms with Gasteiger partial charge in [0.1, 0.15) is 12.1 Å². The molecule has 0 radical (unpaired) electrons. The number of alkyl halides is 3. The highest BCUT2D eigenvalue weighted by Gasteiger charge is 2.35. The number of benzene rings is 2. The Hall–Kier alpha value is -2.71. The monoisotopic (exact) mass is 762 g/mol. The molecule has 50 heavy (non-hydrogen) atoms. The number of nitrogens with zero attached hydrogens (tertiary/aromatic N) is 2. The Kier molecular flexibility index (Phi) is 14.4. The third-order valence-electron chi connectivity index (χ3n) is 9.05. The largest absolute Gasteiger partial charge is 0.449 e. The van der Waals surface area contributed by atoms with Gasteiger partial charge in [-0.25, -0.2) is 9.17 Å². The van der Waals surface area contributed by atoms with Gasteiger partial charge in [0.25, 0.3) is 0 Å². The lowest BCUT2D eigenvalue weighted by atomic mass is 9.80. The molecule has 0 atom stereocenters. The van der Waals surface area contributed by atoms with Gasteiger partial charge in [-0.3, -0.25) is 9.59 Å². The van der Waals surface area contributed by atoms with Crippen molar-refractivity contribution in [3.63, 3.8) is 0 Å². The maximum Gasteiger partial charge on any atom is 0.449 e. The van der Waals surface area contributed by atoms with E-state index in [2.05, 4.69) is 54.8 Å². The summed E-state index contributed by atoms with van der Waals surface area (Å²) in [4.78, 5) is 31.1. The Morgan fingerprint density at radius 2 is 1.74 bits per heavy atom. The van der Waals surface area contributed by atoms with Gasteiger partial charge >= 0.3 is 16.5 Å². The molecule has 0 unspecified atom stereocenters. The van der Waals surface area contributed by atoms with Gasteiger partial charge in [-0.15, -0.1) is 0 Å². The summed E-state index contributed by atoms with van der Waals surface area (Å²) in [6.45, 7) is 14.1. The fourth-order valence-corrected chi connectivity index (χ4v) is 6.87. The lowest BCUT2D eigenvalue weighted by Gasteiger charge is -2.24. The van der Waals surface area contributed by atoms with Crippen molar-refractivity contribution in [2.75, 3.05) is 26.7 Å². The van der Waals surface area contributed by atoms with Crippen molar-refractivity contribution in [1.82, 2.24) is 19.6 Å². The molecular weight excluding hydrogens is 716 g/mol. The number of halogens is 5. The molecule has 5 rings (SSSR count). The molecule has 1 saturated heterocycles. The first-order valence-corrected chi connectivity index (χ1v) is 18.9. The van der Waals surface area contributed by atoms with Crippen LogP contribution in [-0.4, -0.2) is 61.7 Å². The molecule has 2 N–H and O–H groups in total. The summed E-state index contributed by atoms with van der Waals surface area (Å²) in [6, 6.07) is 5.12. The number of aromatic nitrogens is 2. The maximum absolute atomic E-state index is 12.3. The Bertz CT molecular complexity index is 1780. The van der Waals surface area contributed by atoms with Crippen LogP contribution in [0.15, 0.2) is 18.2 Å². The van der Waals surface area contributed by atoms with Crippen LogP contribution in [0.4, 0.5) is 13.2 Å². The predicted octanol–water partition coefficient (Wildman–Crippen LogP) is 8.69. The number of likely N-dealkylation sites (tertiary alicyclic amines) is 1. The molecule has 15 heteroatoms. The standard InChI is InChI=1S/C18H26O.C9H18N2O4S.C8H3Cl2F3N2/c1-7-16(19)17-12(4)13-8-9-18(5,6)15(13)10-14(17)11(2)3;1-10-16(13,14)15-8-9(12)11-6-4-2-3-5-7-11;9-3-1-2-4-6(5(3)10)15-7(14-4)8(11,12)13/h10-11H,7-9H2,1-6H3;10H,2-8H2,1H3;1-2H,(H,14,15). The van der Waals surface area contributed by atoms with Crippen LogP contribution in [0.5, 0.6) is 0 Å². The minimum absolute atomic E-state index is 0.0147. The Morgan fingerprint density at radius 3 is 2.28 bits per heavy atom. The van der Waals surface area contributed by atoms with Crippen LogP contribution < -0.4 is 4.72 Å². The smallest absolute Gasteiger partial charge is 0.341 e. The fraction of sp³-hybridized carbons (Fsp3) is 0.571. The second-order valence-corrected chi connectivity index (χ2v) is 15.7. The van der Waals surface area contributed by atoms with Crippen LogP contribution in [0.2, 0.25) is 10.0 Å². The first-order chi connectivity index (χ1) is 23.2. The number of aromatic amines is 1. The van der Waals surface area contributed by atoms with Gasteiger partial charge in [0.05, 0.1) is 15.6 Å². The number of carbonyl (C=O) groups excluding carboxylic acids is 2. The first-order valence-electron chi connectivity index (χ1n) is 16.7. The minimum atomic E-state index is -4.52. The number of imidazole rings is 1. The third-order valence-corrected chi connectivity index (χ3v) is 10.8. The van der Waals surface area contributed by atoms with Gasteiger partial charge in [-0.1, -0.05) is 76.7 Å². The Morgan fingerprint density at radius 1 is 1.12 bits per heavy atom. The van der Waals surface area contributed by atoms with Crippen molar-refractivity contribution < 1.29 is 35.4 Å². The zero-order valence-corrected chi connectivity index (χ0v) is 31.9. The molecule has 2 heterocycles. The van der Waals surface area contributed by atoms with Crippen molar-refractivity contribution in [1.29, 1.82) is 0 Å². The predicted molar refractivity (Wildman–Crippen MR) is 191 cm³/mol. The molecule has 1 fully saturated rings. The second-order valence-electron chi connectivity index (χ2n) is 13.4. The van der Waals surface area contributed by atoms with Crippen molar-refractivity contribution in [2.45, 2.75) is 104 Å². The van der Waals surface area contributed by atoms with Crippen LogP contribution in [0.1, 0.15) is 117 Å². The number of ketones is 1. The van der Waals surface area contributed by atoms with Crippen LogP contribution in [-0.2, 0) is 37.3 Å². The summed E-state index contributed by atoms with van der Waals surface area (Å²) in [5.74, 6) is -0.637. The molecule has 0 bridgehead atoms. The van der Waals surface area contributed by atoms with Crippen molar-refractivity contribution in [3.8, 4) is 0 Å².